The Bertz CT molecular complexity index is 608. The molecular weight excluding hydrogens is 355 g/mol. The lowest BCUT2D eigenvalue weighted by Crippen LogP contribution is -2.43. The number of nitrogens with one attached hydrogen (secondary N) is 1. The monoisotopic (exact) mass is 372 g/mol. The molecule has 3 nitrogen and oxygen atoms in total. The lowest BCUT2D eigenvalue weighted by atomic mass is 10.2. The van der Waals surface area contributed by atoms with Crippen molar-refractivity contribution in [3.8, 4) is 5.75 Å². The van der Waals surface area contributed by atoms with E-state index in [1.54, 1.807) is 0 Å². The fourth-order valence-electron chi connectivity index (χ4n) is 2.52. The van der Waals surface area contributed by atoms with Gasteiger partial charge in [0.25, 0.3) is 0 Å². The minimum Gasteiger partial charge on any atom is -0.486 e. The van der Waals surface area contributed by atoms with Crippen LogP contribution < -0.4 is 15.0 Å². The zero-order chi connectivity index (χ0) is 15.4. The highest BCUT2D eigenvalue weighted by atomic mass is 35.5. The molecule has 0 aliphatic carbocycles. The number of nitrogens with zero attached hydrogens (tertiary/aromatic N) is 1. The van der Waals surface area contributed by atoms with Gasteiger partial charge < -0.3 is 15.0 Å². The number of ether oxygens (including phenoxy) is 1. The fourth-order valence-corrected chi connectivity index (χ4v) is 3.10. The number of anilines is 1. The third-order valence-electron chi connectivity index (χ3n) is 3.69. The van der Waals surface area contributed by atoms with Crippen LogP contribution in [0.2, 0.25) is 10.0 Å². The van der Waals surface area contributed by atoms with Gasteiger partial charge in [0, 0.05) is 31.9 Å². The molecule has 1 N–H and O–H groups in total. The molecule has 1 aliphatic heterocycles. The fraction of sp³-hybridized carbons (Fsp3) is 0.294. The number of hydrogen-bond acceptors (Lipinski definition) is 3. The first-order chi connectivity index (χ1) is 10.7. The second-order valence-corrected chi connectivity index (χ2v) is 6.06. The van der Waals surface area contributed by atoms with Crippen molar-refractivity contribution in [2.75, 3.05) is 31.1 Å². The Morgan fingerprint density at radius 1 is 1.00 bits per heavy atom. The quantitative estimate of drug-likeness (QED) is 0.859. The minimum atomic E-state index is 0. The van der Waals surface area contributed by atoms with Crippen LogP contribution in [-0.2, 0) is 6.61 Å². The first kappa shape index (κ1) is 18.2. The number of hydrogen-bond donors (Lipinski definition) is 1. The van der Waals surface area contributed by atoms with Gasteiger partial charge >= 0.3 is 0 Å². The van der Waals surface area contributed by atoms with Crippen molar-refractivity contribution in [2.45, 2.75) is 6.61 Å². The number of rotatable bonds is 4. The SMILES string of the molecule is Cl.Clc1cc(N2CCNCC2)cc(Cl)c1OCc1ccccc1. The van der Waals surface area contributed by atoms with E-state index >= 15 is 0 Å². The predicted octanol–water partition coefficient (Wildman–Crippen LogP) is 4.40. The molecule has 0 unspecified atom stereocenters. The van der Waals surface area contributed by atoms with E-state index in [0.717, 1.165) is 37.4 Å². The lowest BCUT2D eigenvalue weighted by Gasteiger charge is -2.30. The van der Waals surface area contributed by atoms with Crippen molar-refractivity contribution in [1.29, 1.82) is 0 Å². The molecule has 23 heavy (non-hydrogen) atoms. The van der Waals surface area contributed by atoms with Crippen LogP contribution in [0.1, 0.15) is 5.56 Å². The summed E-state index contributed by atoms with van der Waals surface area (Å²) in [6, 6.07) is 13.8. The third-order valence-corrected chi connectivity index (χ3v) is 4.25. The van der Waals surface area contributed by atoms with Crippen LogP contribution in [0, 0.1) is 0 Å². The van der Waals surface area contributed by atoms with Crippen molar-refractivity contribution >= 4 is 41.3 Å². The van der Waals surface area contributed by atoms with Gasteiger partial charge in [0.05, 0.1) is 10.0 Å². The van der Waals surface area contributed by atoms with Crippen molar-refractivity contribution in [3.63, 3.8) is 0 Å². The van der Waals surface area contributed by atoms with Gasteiger partial charge in [-0.3, -0.25) is 0 Å². The van der Waals surface area contributed by atoms with Crippen molar-refractivity contribution in [2.24, 2.45) is 0 Å². The van der Waals surface area contributed by atoms with Gasteiger partial charge in [-0.15, -0.1) is 12.4 Å². The molecule has 0 bridgehead atoms. The molecule has 2 aromatic carbocycles. The van der Waals surface area contributed by atoms with Gasteiger partial charge in [-0.05, 0) is 17.7 Å². The van der Waals surface area contributed by atoms with Crippen LogP contribution in [0.15, 0.2) is 42.5 Å². The average molecular weight is 374 g/mol. The highest BCUT2D eigenvalue weighted by Crippen LogP contribution is 2.37. The molecule has 1 saturated heterocycles. The summed E-state index contributed by atoms with van der Waals surface area (Å²) in [7, 11) is 0. The summed E-state index contributed by atoms with van der Waals surface area (Å²) in [6.45, 7) is 4.31. The highest BCUT2D eigenvalue weighted by Gasteiger charge is 2.15. The minimum absolute atomic E-state index is 0. The van der Waals surface area contributed by atoms with Crippen LogP contribution in [0.3, 0.4) is 0 Å². The van der Waals surface area contributed by atoms with Crippen LogP contribution >= 0.6 is 35.6 Å². The first-order valence-corrected chi connectivity index (χ1v) is 8.11. The first-order valence-electron chi connectivity index (χ1n) is 7.35. The maximum Gasteiger partial charge on any atom is 0.157 e. The van der Waals surface area contributed by atoms with Crippen LogP contribution in [-0.4, -0.2) is 26.2 Å². The number of piperazine rings is 1. The van der Waals surface area contributed by atoms with Gasteiger partial charge in [0.15, 0.2) is 5.75 Å². The summed E-state index contributed by atoms with van der Waals surface area (Å²) in [5.41, 5.74) is 2.13. The van der Waals surface area contributed by atoms with Gasteiger partial charge in [-0.2, -0.15) is 0 Å². The lowest BCUT2D eigenvalue weighted by molar-refractivity contribution is 0.306. The summed E-state index contributed by atoms with van der Waals surface area (Å²) >= 11 is 12.7. The summed E-state index contributed by atoms with van der Waals surface area (Å²) < 4.78 is 5.80. The zero-order valence-electron chi connectivity index (χ0n) is 12.6. The number of benzene rings is 2. The maximum absolute atomic E-state index is 6.37. The van der Waals surface area contributed by atoms with Crippen LogP contribution in [0.4, 0.5) is 5.69 Å². The van der Waals surface area contributed by atoms with Gasteiger partial charge in [0.2, 0.25) is 0 Å². The van der Waals surface area contributed by atoms with E-state index in [1.165, 1.54) is 0 Å². The standard InChI is InChI=1S/C17H18Cl2N2O.ClH/c18-15-10-14(21-8-6-20-7-9-21)11-16(19)17(15)22-12-13-4-2-1-3-5-13;/h1-5,10-11,20H,6-9,12H2;1H. The Morgan fingerprint density at radius 2 is 1.61 bits per heavy atom. The Balaban J connectivity index is 0.00000192. The zero-order valence-corrected chi connectivity index (χ0v) is 14.9. The smallest absolute Gasteiger partial charge is 0.157 e. The van der Waals surface area contributed by atoms with E-state index in [2.05, 4.69) is 10.2 Å². The molecule has 0 radical (unpaired) electrons. The Morgan fingerprint density at radius 3 is 2.22 bits per heavy atom. The average Bonchev–Trinajstić information content (AvgIpc) is 2.56. The predicted molar refractivity (Wildman–Crippen MR) is 99.6 cm³/mol. The Labute approximate surface area is 152 Å². The molecule has 1 heterocycles. The molecule has 1 aliphatic rings. The van der Waals surface area contributed by atoms with Crippen molar-refractivity contribution in [3.05, 3.63) is 58.1 Å². The third kappa shape index (κ3) is 4.67. The van der Waals surface area contributed by atoms with Gasteiger partial charge in [-0.1, -0.05) is 53.5 Å². The van der Waals surface area contributed by atoms with Crippen molar-refractivity contribution < 1.29 is 4.74 Å². The number of halogens is 3. The molecule has 0 saturated carbocycles. The van der Waals surface area contributed by atoms with Gasteiger partial charge in [-0.25, -0.2) is 0 Å². The maximum atomic E-state index is 6.37. The summed E-state index contributed by atoms with van der Waals surface area (Å²) in [4.78, 5) is 2.27. The van der Waals surface area contributed by atoms with Crippen molar-refractivity contribution in [1.82, 2.24) is 5.32 Å². The molecule has 0 atom stereocenters. The normalized spacial score (nSPS) is 14.3. The summed E-state index contributed by atoms with van der Waals surface area (Å²) in [5.74, 6) is 0.547. The molecule has 6 heteroatoms. The molecule has 1 fully saturated rings. The molecule has 3 rings (SSSR count). The van der Waals surface area contributed by atoms with Crippen LogP contribution in [0.25, 0.3) is 0 Å². The van der Waals surface area contributed by atoms with Gasteiger partial charge in [0.1, 0.15) is 6.61 Å². The van der Waals surface area contributed by atoms with E-state index in [1.807, 2.05) is 42.5 Å². The van der Waals surface area contributed by atoms with E-state index in [4.69, 9.17) is 27.9 Å². The molecule has 124 valence electrons. The van der Waals surface area contributed by atoms with Crippen LogP contribution in [0.5, 0.6) is 5.75 Å². The molecule has 0 aromatic heterocycles. The highest BCUT2D eigenvalue weighted by molar-refractivity contribution is 6.37. The Kier molecular flexibility index (Phi) is 6.85. The van der Waals surface area contributed by atoms with E-state index in [-0.39, 0.29) is 12.4 Å². The summed E-state index contributed by atoms with van der Waals surface area (Å²) in [6.07, 6.45) is 0. The van der Waals surface area contributed by atoms with E-state index in [0.29, 0.717) is 22.4 Å². The largest absolute Gasteiger partial charge is 0.486 e. The second kappa shape index (κ2) is 8.65. The van der Waals surface area contributed by atoms with E-state index in [9.17, 15) is 0 Å². The summed E-state index contributed by atoms with van der Waals surface area (Å²) in [5, 5.41) is 4.44. The topological polar surface area (TPSA) is 24.5 Å². The molecule has 2 aromatic rings. The second-order valence-electron chi connectivity index (χ2n) is 5.25. The molecular formula is C17H19Cl3N2O. The molecule has 0 spiro atoms. The Hall–Kier alpha value is -1.13. The molecule has 0 amide bonds. The van der Waals surface area contributed by atoms with E-state index < -0.39 is 0 Å².